The first-order valence-electron chi connectivity index (χ1n) is 6.52. The number of hydrogen-bond donors (Lipinski definition) is 3. The summed E-state index contributed by atoms with van der Waals surface area (Å²) in [6.45, 7) is -0.449. The summed E-state index contributed by atoms with van der Waals surface area (Å²) in [5.74, 6) is 0. The summed E-state index contributed by atoms with van der Waals surface area (Å²) in [5.41, 5.74) is 0.105. The number of carbonyl (C=O) groups is 1. The number of para-hydroxylation sites is 1. The van der Waals surface area contributed by atoms with Crippen LogP contribution in [0.2, 0.25) is 0 Å². The minimum absolute atomic E-state index is 0.104. The van der Waals surface area contributed by atoms with Crippen molar-refractivity contribution in [2.45, 2.75) is 0 Å². The van der Waals surface area contributed by atoms with E-state index in [1.165, 1.54) is 18.0 Å². The van der Waals surface area contributed by atoms with Crippen LogP contribution < -0.4 is 15.8 Å². The summed E-state index contributed by atoms with van der Waals surface area (Å²) >= 11 is 0. The molecule has 0 fully saturated rings. The number of phosphoric ester groups is 1. The second kappa shape index (κ2) is 6.93. The third-order valence-corrected chi connectivity index (χ3v) is 3.45. The molecule has 0 atom stereocenters. The third kappa shape index (κ3) is 4.64. The monoisotopic (exact) mass is 342 g/mol. The smallest absolute Gasteiger partial charge is 0.423 e. The standard InChI is InChI=1S/C13H15N2O7P/c1-15(13(17)14-6-7-21-23(18,19)20)10-8-12(16)22-11-5-3-2-4-9(10)11/h2-5,8H,6-7H2,1H3,(H,14,17)(H2,18,19,20). The highest BCUT2D eigenvalue weighted by molar-refractivity contribution is 7.46. The van der Waals surface area contributed by atoms with Crippen molar-refractivity contribution in [2.75, 3.05) is 25.1 Å². The maximum atomic E-state index is 12.1. The van der Waals surface area contributed by atoms with Crippen molar-refractivity contribution in [1.29, 1.82) is 0 Å². The van der Waals surface area contributed by atoms with Crippen LogP contribution in [0.1, 0.15) is 0 Å². The van der Waals surface area contributed by atoms with Crippen LogP contribution in [-0.4, -0.2) is 36.0 Å². The summed E-state index contributed by atoms with van der Waals surface area (Å²) in [7, 11) is -3.11. The molecule has 1 heterocycles. The lowest BCUT2D eigenvalue weighted by Crippen LogP contribution is -2.39. The van der Waals surface area contributed by atoms with Gasteiger partial charge in [0.25, 0.3) is 0 Å². The SMILES string of the molecule is CN(C(=O)NCCOP(=O)(O)O)c1cc(=O)oc2ccccc12. The van der Waals surface area contributed by atoms with Crippen LogP contribution in [-0.2, 0) is 9.09 Å². The Morgan fingerprint density at radius 2 is 2.09 bits per heavy atom. The molecular weight excluding hydrogens is 327 g/mol. The zero-order chi connectivity index (χ0) is 17.0. The number of amides is 2. The van der Waals surface area contributed by atoms with Gasteiger partial charge >= 0.3 is 19.5 Å². The quantitative estimate of drug-likeness (QED) is 0.421. The van der Waals surface area contributed by atoms with Gasteiger partial charge in [0.1, 0.15) is 5.58 Å². The van der Waals surface area contributed by atoms with Crippen LogP contribution in [0, 0.1) is 0 Å². The van der Waals surface area contributed by atoms with Crippen molar-refractivity contribution >= 4 is 30.5 Å². The molecule has 2 aromatic rings. The summed E-state index contributed by atoms with van der Waals surface area (Å²) in [4.78, 5) is 41.9. The molecule has 0 spiro atoms. The first kappa shape index (κ1) is 17.2. The lowest BCUT2D eigenvalue weighted by atomic mass is 10.2. The van der Waals surface area contributed by atoms with E-state index in [0.717, 1.165) is 0 Å². The van der Waals surface area contributed by atoms with E-state index in [-0.39, 0.29) is 13.2 Å². The number of hydrogen-bond acceptors (Lipinski definition) is 5. The van der Waals surface area contributed by atoms with Gasteiger partial charge in [-0.1, -0.05) is 12.1 Å². The summed E-state index contributed by atoms with van der Waals surface area (Å²) in [6.07, 6.45) is 0. The molecule has 0 aliphatic rings. The molecule has 0 unspecified atom stereocenters. The fraction of sp³-hybridized carbons (Fsp3) is 0.231. The van der Waals surface area contributed by atoms with Crippen molar-refractivity contribution < 1.29 is 28.1 Å². The highest BCUT2D eigenvalue weighted by Gasteiger charge is 2.17. The number of nitrogens with zero attached hydrogens (tertiary/aromatic N) is 1. The number of nitrogens with one attached hydrogen (secondary N) is 1. The van der Waals surface area contributed by atoms with Gasteiger partial charge in [0.2, 0.25) is 0 Å². The fourth-order valence-electron chi connectivity index (χ4n) is 1.92. The van der Waals surface area contributed by atoms with Crippen LogP contribution in [0.5, 0.6) is 0 Å². The molecule has 2 amide bonds. The van der Waals surface area contributed by atoms with Gasteiger partial charge in [-0.3, -0.25) is 9.42 Å². The lowest BCUT2D eigenvalue weighted by Gasteiger charge is -2.19. The Bertz CT molecular complexity index is 813. The van der Waals surface area contributed by atoms with Crippen molar-refractivity contribution in [3.05, 3.63) is 40.8 Å². The summed E-state index contributed by atoms with van der Waals surface area (Å²) in [5, 5.41) is 3.00. The lowest BCUT2D eigenvalue weighted by molar-refractivity contribution is 0.196. The topological polar surface area (TPSA) is 129 Å². The van der Waals surface area contributed by atoms with Crippen LogP contribution in [0.3, 0.4) is 0 Å². The molecule has 0 saturated carbocycles. The molecule has 0 radical (unpaired) electrons. The third-order valence-electron chi connectivity index (χ3n) is 2.93. The van der Waals surface area contributed by atoms with Crippen LogP contribution >= 0.6 is 7.82 Å². The molecular formula is C13H15N2O7P. The van der Waals surface area contributed by atoms with Gasteiger partial charge in [0.05, 0.1) is 12.3 Å². The number of carbonyl (C=O) groups excluding carboxylic acids is 1. The molecule has 2 rings (SSSR count). The van der Waals surface area contributed by atoms with Gasteiger partial charge in [0.15, 0.2) is 0 Å². The molecule has 0 aliphatic carbocycles. The predicted octanol–water partition coefficient (Wildman–Crippen LogP) is 1.05. The molecule has 0 saturated heterocycles. The molecule has 0 aliphatic heterocycles. The molecule has 1 aromatic heterocycles. The Balaban J connectivity index is 2.11. The summed E-state index contributed by atoms with van der Waals surface area (Å²) in [6, 6.07) is 7.39. The van der Waals surface area contributed by atoms with Gasteiger partial charge in [-0.15, -0.1) is 0 Å². The van der Waals surface area contributed by atoms with Crippen molar-refractivity contribution in [3.63, 3.8) is 0 Å². The minimum atomic E-state index is -4.57. The van der Waals surface area contributed by atoms with E-state index < -0.39 is 19.5 Å². The average molecular weight is 342 g/mol. The Morgan fingerprint density at radius 3 is 2.78 bits per heavy atom. The molecule has 9 nitrogen and oxygen atoms in total. The van der Waals surface area contributed by atoms with E-state index in [1.54, 1.807) is 24.3 Å². The van der Waals surface area contributed by atoms with E-state index in [0.29, 0.717) is 16.7 Å². The Hall–Kier alpha value is -2.19. The highest BCUT2D eigenvalue weighted by atomic mass is 31.2. The van der Waals surface area contributed by atoms with E-state index in [1.807, 2.05) is 0 Å². The first-order valence-corrected chi connectivity index (χ1v) is 8.05. The van der Waals surface area contributed by atoms with E-state index in [9.17, 15) is 14.2 Å². The zero-order valence-electron chi connectivity index (χ0n) is 12.1. The number of anilines is 1. The van der Waals surface area contributed by atoms with Gasteiger partial charge in [-0.2, -0.15) is 0 Å². The number of phosphoric acid groups is 1. The molecule has 124 valence electrons. The van der Waals surface area contributed by atoms with Gasteiger partial charge in [-0.05, 0) is 12.1 Å². The second-order valence-corrected chi connectivity index (χ2v) is 5.80. The normalized spacial score (nSPS) is 11.4. The highest BCUT2D eigenvalue weighted by Crippen LogP contribution is 2.35. The van der Waals surface area contributed by atoms with Crippen LogP contribution in [0.4, 0.5) is 10.5 Å². The maximum Gasteiger partial charge on any atom is 0.469 e. The zero-order valence-corrected chi connectivity index (χ0v) is 13.0. The molecule has 0 bridgehead atoms. The fourth-order valence-corrected chi connectivity index (χ4v) is 2.25. The van der Waals surface area contributed by atoms with E-state index in [2.05, 4.69) is 9.84 Å². The Kier molecular flexibility index (Phi) is 5.17. The van der Waals surface area contributed by atoms with Gasteiger partial charge in [-0.25, -0.2) is 14.2 Å². The van der Waals surface area contributed by atoms with Gasteiger partial charge < -0.3 is 19.5 Å². The van der Waals surface area contributed by atoms with E-state index >= 15 is 0 Å². The minimum Gasteiger partial charge on any atom is -0.423 e. The van der Waals surface area contributed by atoms with E-state index in [4.69, 9.17) is 14.2 Å². The van der Waals surface area contributed by atoms with Crippen LogP contribution in [0.25, 0.3) is 11.0 Å². The number of rotatable bonds is 5. The Labute approximate surface area is 130 Å². The van der Waals surface area contributed by atoms with Crippen molar-refractivity contribution in [1.82, 2.24) is 5.32 Å². The largest absolute Gasteiger partial charge is 0.469 e. The van der Waals surface area contributed by atoms with Crippen molar-refractivity contribution in [3.8, 4) is 0 Å². The van der Waals surface area contributed by atoms with Crippen LogP contribution in [0.15, 0.2) is 39.5 Å². The number of fused-ring (bicyclic) bond motifs is 1. The average Bonchev–Trinajstić information content (AvgIpc) is 2.48. The van der Waals surface area contributed by atoms with Crippen molar-refractivity contribution in [2.24, 2.45) is 0 Å². The van der Waals surface area contributed by atoms with Gasteiger partial charge in [0, 0.05) is 25.0 Å². The first-order chi connectivity index (χ1) is 10.8. The molecule has 1 aromatic carbocycles. The second-order valence-electron chi connectivity index (χ2n) is 4.56. The Morgan fingerprint density at radius 1 is 1.39 bits per heavy atom. The molecule has 10 heteroatoms. The molecule has 23 heavy (non-hydrogen) atoms. The predicted molar refractivity (Wildman–Crippen MR) is 82.3 cm³/mol. The molecule has 3 N–H and O–H groups in total. The maximum absolute atomic E-state index is 12.1. The summed E-state index contributed by atoms with van der Waals surface area (Å²) < 4.78 is 19.8. The number of urea groups is 1. The number of benzene rings is 1.